The van der Waals surface area contributed by atoms with Crippen LogP contribution in [0.3, 0.4) is 0 Å². The monoisotopic (exact) mass is 213 g/mol. The molecular weight excluding hydrogens is 190 g/mol. The van der Waals surface area contributed by atoms with Gasteiger partial charge in [0.25, 0.3) is 0 Å². The molecule has 0 saturated carbocycles. The Morgan fingerprint density at radius 1 is 1.40 bits per heavy atom. The van der Waals surface area contributed by atoms with E-state index in [1.165, 1.54) is 0 Å². The molecule has 1 saturated heterocycles. The van der Waals surface area contributed by atoms with Crippen molar-refractivity contribution in [3.05, 3.63) is 0 Å². The van der Waals surface area contributed by atoms with Gasteiger partial charge in [-0.15, -0.1) is 0 Å². The lowest BCUT2D eigenvalue weighted by Crippen LogP contribution is -2.42. The topological polar surface area (TPSA) is 53.2 Å². The number of carbonyl (C=O) groups is 1. The molecule has 1 unspecified atom stereocenters. The molecule has 0 aromatic carbocycles. The van der Waals surface area contributed by atoms with Crippen molar-refractivity contribution in [2.24, 2.45) is 0 Å². The van der Waals surface area contributed by atoms with Gasteiger partial charge in [0.15, 0.2) is 0 Å². The zero-order valence-corrected chi connectivity index (χ0v) is 10.0. The molecule has 3 N–H and O–H groups in total. The summed E-state index contributed by atoms with van der Waals surface area (Å²) < 4.78 is 0. The van der Waals surface area contributed by atoms with Gasteiger partial charge in [0.1, 0.15) is 0 Å². The summed E-state index contributed by atoms with van der Waals surface area (Å²) in [6.45, 7) is 9.27. The first-order valence-electron chi connectivity index (χ1n) is 5.72. The van der Waals surface area contributed by atoms with E-state index >= 15 is 0 Å². The maximum Gasteiger partial charge on any atom is 0.220 e. The Morgan fingerprint density at radius 3 is 2.67 bits per heavy atom. The normalized spacial score (nSPS) is 21.8. The van der Waals surface area contributed by atoms with Gasteiger partial charge in [-0.1, -0.05) is 0 Å². The van der Waals surface area contributed by atoms with E-state index in [4.69, 9.17) is 0 Å². The molecule has 88 valence electrons. The number of hydrogen-bond acceptors (Lipinski definition) is 3. The average Bonchev–Trinajstić information content (AvgIpc) is 2.49. The molecule has 1 aliphatic heterocycles. The number of amides is 1. The molecule has 4 nitrogen and oxygen atoms in total. The summed E-state index contributed by atoms with van der Waals surface area (Å²) >= 11 is 0. The molecule has 0 bridgehead atoms. The van der Waals surface area contributed by atoms with Crippen molar-refractivity contribution in [3.63, 3.8) is 0 Å². The van der Waals surface area contributed by atoms with Crippen LogP contribution in [-0.2, 0) is 4.79 Å². The second-order valence-electron chi connectivity index (χ2n) is 5.18. The minimum absolute atomic E-state index is 0.184. The third-order valence-electron chi connectivity index (χ3n) is 2.43. The lowest BCUT2D eigenvalue weighted by atomic mass is 10.1. The average molecular weight is 213 g/mol. The van der Waals surface area contributed by atoms with Gasteiger partial charge in [0, 0.05) is 37.6 Å². The van der Waals surface area contributed by atoms with Crippen molar-refractivity contribution < 1.29 is 4.79 Å². The molecule has 0 spiro atoms. The van der Waals surface area contributed by atoms with E-state index < -0.39 is 0 Å². The molecule has 4 heteroatoms. The Bertz CT molecular complexity index is 210. The fraction of sp³-hybridized carbons (Fsp3) is 0.909. The van der Waals surface area contributed by atoms with Gasteiger partial charge in [-0.2, -0.15) is 0 Å². The van der Waals surface area contributed by atoms with Crippen molar-refractivity contribution in [3.8, 4) is 0 Å². The summed E-state index contributed by atoms with van der Waals surface area (Å²) in [5.41, 5.74) is 0.184. The molecule has 1 heterocycles. The van der Waals surface area contributed by atoms with E-state index in [2.05, 4.69) is 36.7 Å². The number of nitrogens with one attached hydrogen (secondary N) is 3. The van der Waals surface area contributed by atoms with Crippen molar-refractivity contribution >= 4 is 5.91 Å². The van der Waals surface area contributed by atoms with Gasteiger partial charge in [0.05, 0.1) is 0 Å². The van der Waals surface area contributed by atoms with E-state index in [-0.39, 0.29) is 11.4 Å². The van der Waals surface area contributed by atoms with Crippen molar-refractivity contribution in [1.29, 1.82) is 0 Å². The number of carbonyl (C=O) groups excluding carboxylic acids is 1. The fourth-order valence-corrected chi connectivity index (χ4v) is 1.63. The van der Waals surface area contributed by atoms with E-state index in [9.17, 15) is 4.79 Å². The zero-order chi connectivity index (χ0) is 11.3. The van der Waals surface area contributed by atoms with Crippen LogP contribution in [0, 0.1) is 0 Å². The lowest BCUT2D eigenvalue weighted by molar-refractivity contribution is -0.119. The van der Waals surface area contributed by atoms with E-state index in [0.717, 1.165) is 26.1 Å². The Morgan fingerprint density at radius 2 is 2.13 bits per heavy atom. The maximum atomic E-state index is 10.9. The smallest absolute Gasteiger partial charge is 0.220 e. The highest BCUT2D eigenvalue weighted by Crippen LogP contribution is 2.04. The van der Waals surface area contributed by atoms with E-state index in [1.54, 1.807) is 0 Å². The fourth-order valence-electron chi connectivity index (χ4n) is 1.63. The SMILES string of the molecule is CC(C)(C)NCCNCC1CCC(=O)N1. The standard InChI is InChI=1S/C11H23N3O/c1-11(2,3)13-7-6-12-8-9-4-5-10(15)14-9/h9,12-13H,4-8H2,1-3H3,(H,14,15). The van der Waals surface area contributed by atoms with Gasteiger partial charge < -0.3 is 16.0 Å². The Balaban J connectivity index is 1.95. The largest absolute Gasteiger partial charge is 0.352 e. The van der Waals surface area contributed by atoms with Crippen LogP contribution in [0.4, 0.5) is 0 Å². The first-order chi connectivity index (χ1) is 6.97. The minimum atomic E-state index is 0.184. The van der Waals surface area contributed by atoms with Crippen LogP contribution >= 0.6 is 0 Å². The molecular formula is C11H23N3O. The molecule has 1 fully saturated rings. The highest BCUT2D eigenvalue weighted by molar-refractivity contribution is 5.78. The summed E-state index contributed by atoms with van der Waals surface area (Å²) in [4.78, 5) is 10.9. The van der Waals surface area contributed by atoms with Gasteiger partial charge in [0.2, 0.25) is 5.91 Å². The Hall–Kier alpha value is -0.610. The first-order valence-corrected chi connectivity index (χ1v) is 5.72. The Labute approximate surface area is 92.2 Å². The zero-order valence-electron chi connectivity index (χ0n) is 10.0. The van der Waals surface area contributed by atoms with Crippen LogP contribution in [0.25, 0.3) is 0 Å². The molecule has 0 aromatic heterocycles. The number of rotatable bonds is 5. The third kappa shape index (κ3) is 5.74. The molecule has 0 radical (unpaired) electrons. The Kier molecular flexibility index (Phi) is 4.54. The predicted molar refractivity (Wildman–Crippen MR) is 61.8 cm³/mol. The summed E-state index contributed by atoms with van der Waals surface area (Å²) in [5, 5.41) is 9.69. The molecule has 15 heavy (non-hydrogen) atoms. The van der Waals surface area contributed by atoms with Crippen LogP contribution in [0.2, 0.25) is 0 Å². The van der Waals surface area contributed by atoms with Crippen LogP contribution in [0.15, 0.2) is 0 Å². The van der Waals surface area contributed by atoms with Crippen molar-refractivity contribution in [1.82, 2.24) is 16.0 Å². The van der Waals surface area contributed by atoms with Crippen molar-refractivity contribution in [2.45, 2.75) is 45.2 Å². The molecule has 0 aromatic rings. The van der Waals surface area contributed by atoms with Gasteiger partial charge in [-0.05, 0) is 27.2 Å². The van der Waals surface area contributed by atoms with Crippen LogP contribution < -0.4 is 16.0 Å². The summed E-state index contributed by atoms with van der Waals surface area (Å²) in [5.74, 6) is 0.189. The summed E-state index contributed by atoms with van der Waals surface area (Å²) in [6, 6.07) is 0.340. The third-order valence-corrected chi connectivity index (χ3v) is 2.43. The summed E-state index contributed by atoms with van der Waals surface area (Å²) in [6.07, 6.45) is 1.66. The highest BCUT2D eigenvalue weighted by atomic mass is 16.1. The minimum Gasteiger partial charge on any atom is -0.352 e. The number of hydrogen-bond donors (Lipinski definition) is 3. The van der Waals surface area contributed by atoms with E-state index in [0.29, 0.717) is 12.5 Å². The van der Waals surface area contributed by atoms with Crippen LogP contribution in [0.5, 0.6) is 0 Å². The molecule has 1 rings (SSSR count). The van der Waals surface area contributed by atoms with Gasteiger partial charge in [-0.25, -0.2) is 0 Å². The molecule has 1 atom stereocenters. The maximum absolute atomic E-state index is 10.9. The van der Waals surface area contributed by atoms with E-state index in [1.807, 2.05) is 0 Å². The second-order valence-corrected chi connectivity index (χ2v) is 5.18. The summed E-state index contributed by atoms with van der Waals surface area (Å²) in [7, 11) is 0. The van der Waals surface area contributed by atoms with Crippen LogP contribution in [-0.4, -0.2) is 37.1 Å². The first kappa shape index (κ1) is 12.5. The quantitative estimate of drug-likeness (QED) is 0.574. The van der Waals surface area contributed by atoms with Gasteiger partial charge >= 0.3 is 0 Å². The van der Waals surface area contributed by atoms with Crippen LogP contribution in [0.1, 0.15) is 33.6 Å². The second kappa shape index (κ2) is 5.47. The predicted octanol–water partition coefficient (Wildman–Crippen LogP) is 0.243. The molecule has 1 amide bonds. The van der Waals surface area contributed by atoms with Crippen molar-refractivity contribution in [2.75, 3.05) is 19.6 Å². The highest BCUT2D eigenvalue weighted by Gasteiger charge is 2.19. The molecule has 1 aliphatic rings. The lowest BCUT2D eigenvalue weighted by Gasteiger charge is -2.21. The van der Waals surface area contributed by atoms with Gasteiger partial charge in [-0.3, -0.25) is 4.79 Å². The molecule has 0 aliphatic carbocycles.